The first-order valence-electron chi connectivity index (χ1n) is 16.4. The lowest BCUT2D eigenvalue weighted by atomic mass is 9.87. The molecule has 222 valence electrons. The summed E-state index contributed by atoms with van der Waals surface area (Å²) in [6.07, 6.45) is 0. The van der Waals surface area contributed by atoms with Gasteiger partial charge in [-0.1, -0.05) is 158 Å². The third-order valence-electron chi connectivity index (χ3n) is 9.83. The molecule has 0 radical (unpaired) electrons. The number of benzene rings is 8. The second kappa shape index (κ2) is 10.6. The summed E-state index contributed by atoms with van der Waals surface area (Å²) in [6, 6.07) is 61.0. The van der Waals surface area contributed by atoms with E-state index in [0.717, 1.165) is 33.5 Å². The summed E-state index contributed by atoms with van der Waals surface area (Å²) in [4.78, 5) is 10.1. The summed E-state index contributed by atoms with van der Waals surface area (Å²) >= 11 is 0. The van der Waals surface area contributed by atoms with E-state index in [4.69, 9.17) is 9.97 Å². The molecule has 10 rings (SSSR count). The standard InChI is InChI=1S/C46H28N2/c1-2-12-30(13-3-1)45-40-19-8-9-23-42(40)47-46(48-45)31-26-24-29(25-27-31)41-28-32-14-10-20-37-35-17-6-4-15-33(35)34-16-5-7-18-36(34)38-21-11-22-39(41)44(38)43(32)37/h1-28H. The van der Waals surface area contributed by atoms with Gasteiger partial charge in [-0.15, -0.1) is 0 Å². The highest BCUT2D eigenvalue weighted by Crippen LogP contribution is 2.43. The molecular formula is C46H28N2. The van der Waals surface area contributed by atoms with Crippen LogP contribution in [0.5, 0.6) is 0 Å². The zero-order valence-electron chi connectivity index (χ0n) is 26.1. The molecule has 0 N–H and O–H groups in total. The van der Waals surface area contributed by atoms with Crippen LogP contribution in [-0.4, -0.2) is 9.97 Å². The Morgan fingerprint density at radius 3 is 1.54 bits per heavy atom. The molecule has 9 aromatic carbocycles. The fourth-order valence-corrected chi connectivity index (χ4v) is 7.66. The van der Waals surface area contributed by atoms with Crippen LogP contribution in [0, 0.1) is 0 Å². The molecule has 0 saturated carbocycles. The van der Waals surface area contributed by atoms with Crippen molar-refractivity contribution in [2.24, 2.45) is 0 Å². The van der Waals surface area contributed by atoms with Gasteiger partial charge in [0.2, 0.25) is 0 Å². The topological polar surface area (TPSA) is 25.8 Å². The van der Waals surface area contributed by atoms with Crippen molar-refractivity contribution in [2.75, 3.05) is 0 Å². The van der Waals surface area contributed by atoms with Crippen LogP contribution in [0.3, 0.4) is 0 Å². The molecule has 0 fully saturated rings. The predicted octanol–water partition coefficient (Wildman–Crippen LogP) is 12.4. The van der Waals surface area contributed by atoms with E-state index < -0.39 is 0 Å². The molecule has 2 heteroatoms. The lowest BCUT2D eigenvalue weighted by Gasteiger charge is -2.17. The number of rotatable bonds is 3. The molecule has 0 saturated heterocycles. The third-order valence-corrected chi connectivity index (χ3v) is 9.83. The molecule has 2 nitrogen and oxygen atoms in total. The number of fused-ring (bicyclic) bond motifs is 6. The van der Waals surface area contributed by atoms with Crippen molar-refractivity contribution in [1.82, 2.24) is 9.97 Å². The second-order valence-corrected chi connectivity index (χ2v) is 12.5. The maximum Gasteiger partial charge on any atom is 0.160 e. The summed E-state index contributed by atoms with van der Waals surface area (Å²) in [5, 5.41) is 13.8. The van der Waals surface area contributed by atoms with Crippen molar-refractivity contribution >= 4 is 64.8 Å². The van der Waals surface area contributed by atoms with Crippen LogP contribution >= 0.6 is 0 Å². The molecule has 0 aliphatic heterocycles. The summed E-state index contributed by atoms with van der Waals surface area (Å²) in [5.74, 6) is 0.729. The Labute approximate surface area is 277 Å². The minimum atomic E-state index is 0.729. The molecule has 0 aliphatic rings. The number of hydrogen-bond acceptors (Lipinski definition) is 2. The molecule has 1 heterocycles. The van der Waals surface area contributed by atoms with Gasteiger partial charge in [-0.25, -0.2) is 9.97 Å². The average molecular weight is 609 g/mol. The van der Waals surface area contributed by atoms with E-state index in [1.54, 1.807) is 0 Å². The van der Waals surface area contributed by atoms with Gasteiger partial charge < -0.3 is 0 Å². The first-order valence-corrected chi connectivity index (χ1v) is 16.4. The van der Waals surface area contributed by atoms with Crippen LogP contribution in [0.1, 0.15) is 0 Å². The molecule has 1 aromatic heterocycles. The van der Waals surface area contributed by atoms with Crippen LogP contribution in [0.15, 0.2) is 170 Å². The van der Waals surface area contributed by atoms with E-state index in [1.165, 1.54) is 65.0 Å². The first kappa shape index (κ1) is 26.8. The Hall–Kier alpha value is -6.38. The highest BCUT2D eigenvalue weighted by atomic mass is 14.9. The Morgan fingerprint density at radius 2 is 0.833 bits per heavy atom. The van der Waals surface area contributed by atoms with Gasteiger partial charge >= 0.3 is 0 Å². The third kappa shape index (κ3) is 4.06. The molecule has 10 aromatic rings. The van der Waals surface area contributed by atoms with Gasteiger partial charge in [0.05, 0.1) is 11.2 Å². The first-order chi connectivity index (χ1) is 23.8. The van der Waals surface area contributed by atoms with Gasteiger partial charge in [0, 0.05) is 16.5 Å². The highest BCUT2D eigenvalue weighted by molar-refractivity contribution is 6.34. The van der Waals surface area contributed by atoms with Gasteiger partial charge in [-0.2, -0.15) is 0 Å². The number of aromatic nitrogens is 2. The van der Waals surface area contributed by atoms with E-state index in [9.17, 15) is 0 Å². The lowest BCUT2D eigenvalue weighted by molar-refractivity contribution is 1.23. The fourth-order valence-electron chi connectivity index (χ4n) is 7.66. The zero-order valence-corrected chi connectivity index (χ0v) is 26.1. The molecule has 0 bridgehead atoms. The smallest absolute Gasteiger partial charge is 0.160 e. The minimum absolute atomic E-state index is 0.729. The maximum absolute atomic E-state index is 5.11. The van der Waals surface area contributed by atoms with Crippen LogP contribution < -0.4 is 0 Å². The van der Waals surface area contributed by atoms with Crippen LogP contribution in [0.2, 0.25) is 0 Å². The zero-order chi connectivity index (χ0) is 31.6. The largest absolute Gasteiger partial charge is 0.228 e. The molecule has 0 amide bonds. The quantitative estimate of drug-likeness (QED) is 0.187. The van der Waals surface area contributed by atoms with Crippen LogP contribution in [0.4, 0.5) is 0 Å². The summed E-state index contributed by atoms with van der Waals surface area (Å²) in [5.41, 5.74) is 6.37. The highest BCUT2D eigenvalue weighted by Gasteiger charge is 2.16. The predicted molar refractivity (Wildman–Crippen MR) is 203 cm³/mol. The Kier molecular flexibility index (Phi) is 5.91. The summed E-state index contributed by atoms with van der Waals surface area (Å²) in [7, 11) is 0. The van der Waals surface area contributed by atoms with Gasteiger partial charge in [0.25, 0.3) is 0 Å². The number of nitrogens with zero attached hydrogens (tertiary/aromatic N) is 2. The Morgan fingerprint density at radius 1 is 0.312 bits per heavy atom. The van der Waals surface area contributed by atoms with Crippen molar-refractivity contribution in [2.45, 2.75) is 0 Å². The van der Waals surface area contributed by atoms with Crippen molar-refractivity contribution < 1.29 is 0 Å². The van der Waals surface area contributed by atoms with E-state index in [-0.39, 0.29) is 0 Å². The van der Waals surface area contributed by atoms with Gasteiger partial charge in [-0.05, 0) is 77.1 Å². The van der Waals surface area contributed by atoms with E-state index >= 15 is 0 Å². The van der Waals surface area contributed by atoms with Crippen LogP contribution in [0.25, 0.3) is 98.5 Å². The summed E-state index contributed by atoms with van der Waals surface area (Å²) < 4.78 is 0. The van der Waals surface area contributed by atoms with Crippen molar-refractivity contribution in [3.8, 4) is 33.8 Å². The Balaban J connectivity index is 1.22. The SMILES string of the molecule is c1ccc(-c2nc(-c3ccc(-c4cc5cccc6c7ccccc7c7ccccc7c7cccc4c7c56)cc3)nc3ccccc23)cc1. The molecule has 0 unspecified atom stereocenters. The molecule has 0 aliphatic carbocycles. The van der Waals surface area contributed by atoms with E-state index in [0.29, 0.717) is 0 Å². The minimum Gasteiger partial charge on any atom is -0.228 e. The Bertz CT molecular complexity index is 2870. The molecule has 0 atom stereocenters. The normalized spacial score (nSPS) is 11.8. The average Bonchev–Trinajstić information content (AvgIpc) is 3.16. The lowest BCUT2D eigenvalue weighted by Crippen LogP contribution is -1.95. The molecule has 0 spiro atoms. The van der Waals surface area contributed by atoms with Crippen molar-refractivity contribution in [1.29, 1.82) is 0 Å². The van der Waals surface area contributed by atoms with Crippen LogP contribution in [-0.2, 0) is 0 Å². The maximum atomic E-state index is 5.11. The van der Waals surface area contributed by atoms with Crippen molar-refractivity contribution in [3.05, 3.63) is 170 Å². The molecular weight excluding hydrogens is 581 g/mol. The second-order valence-electron chi connectivity index (χ2n) is 12.5. The van der Waals surface area contributed by atoms with E-state index in [1.807, 2.05) is 12.1 Å². The van der Waals surface area contributed by atoms with Crippen molar-refractivity contribution in [3.63, 3.8) is 0 Å². The van der Waals surface area contributed by atoms with E-state index in [2.05, 4.69) is 158 Å². The van der Waals surface area contributed by atoms with Gasteiger partial charge in [0.1, 0.15) is 0 Å². The van der Waals surface area contributed by atoms with Gasteiger partial charge in [0.15, 0.2) is 5.82 Å². The number of hydrogen-bond donors (Lipinski definition) is 0. The number of para-hydroxylation sites is 1. The fraction of sp³-hybridized carbons (Fsp3) is 0. The van der Waals surface area contributed by atoms with Gasteiger partial charge in [-0.3, -0.25) is 0 Å². The molecule has 48 heavy (non-hydrogen) atoms. The summed E-state index contributed by atoms with van der Waals surface area (Å²) in [6.45, 7) is 0. The monoisotopic (exact) mass is 608 g/mol.